The predicted octanol–water partition coefficient (Wildman–Crippen LogP) is 3.09. The Bertz CT molecular complexity index is 357. The van der Waals surface area contributed by atoms with Crippen molar-refractivity contribution in [1.82, 2.24) is 9.97 Å². The monoisotopic (exact) mass is 254 g/mol. The van der Waals surface area contributed by atoms with E-state index in [1.165, 1.54) is 32.1 Å². The average molecular weight is 255 g/mol. The average Bonchev–Trinajstić information content (AvgIpc) is 2.28. The minimum absolute atomic E-state index is 0.218. The Kier molecular flexibility index (Phi) is 4.05. The van der Waals surface area contributed by atoms with E-state index in [1.807, 2.05) is 0 Å². The molecule has 1 saturated carbocycles. The first-order chi connectivity index (χ1) is 8.15. The van der Waals surface area contributed by atoms with Crippen molar-refractivity contribution in [3.05, 3.63) is 11.2 Å². The van der Waals surface area contributed by atoms with Gasteiger partial charge in [-0.25, -0.2) is 4.98 Å². The van der Waals surface area contributed by atoms with E-state index in [-0.39, 0.29) is 5.95 Å². The quantitative estimate of drug-likeness (QED) is 0.814. The van der Waals surface area contributed by atoms with E-state index in [0.29, 0.717) is 11.2 Å². The molecule has 3 N–H and O–H groups in total. The van der Waals surface area contributed by atoms with E-state index in [4.69, 9.17) is 17.3 Å². The van der Waals surface area contributed by atoms with Gasteiger partial charge in [-0.15, -0.1) is 0 Å². The van der Waals surface area contributed by atoms with Crippen LogP contribution in [0.1, 0.15) is 39.0 Å². The lowest BCUT2D eigenvalue weighted by molar-refractivity contribution is 0.328. The molecule has 1 fully saturated rings. The predicted molar refractivity (Wildman–Crippen MR) is 71.1 cm³/mol. The van der Waals surface area contributed by atoms with Crippen molar-refractivity contribution in [2.45, 2.75) is 45.1 Å². The molecule has 0 bridgehead atoms. The van der Waals surface area contributed by atoms with Gasteiger partial charge in [0.05, 0.1) is 0 Å². The fourth-order valence-corrected chi connectivity index (χ4v) is 2.68. The van der Waals surface area contributed by atoms with Crippen molar-refractivity contribution < 1.29 is 0 Å². The van der Waals surface area contributed by atoms with E-state index in [9.17, 15) is 0 Å². The minimum Gasteiger partial charge on any atom is -0.368 e. The van der Waals surface area contributed by atoms with Gasteiger partial charge in [-0.2, -0.15) is 4.98 Å². The van der Waals surface area contributed by atoms with Crippen LogP contribution in [-0.4, -0.2) is 16.0 Å². The Morgan fingerprint density at radius 2 is 2.06 bits per heavy atom. The van der Waals surface area contributed by atoms with Crippen molar-refractivity contribution >= 4 is 23.4 Å². The third-order valence-electron chi connectivity index (χ3n) is 3.44. The number of rotatable bonds is 3. The van der Waals surface area contributed by atoms with Gasteiger partial charge in [0.2, 0.25) is 5.95 Å². The Labute approximate surface area is 107 Å². The molecular weight excluding hydrogens is 236 g/mol. The fraction of sp³-hybridized carbons (Fsp3) is 0.667. The van der Waals surface area contributed by atoms with Crippen LogP contribution in [0, 0.1) is 5.92 Å². The standard InChI is InChI=1S/C12H19ClN4/c1-8(9-5-3-2-4-6-9)15-11-7-10(13)16-12(14)17-11/h7-9H,2-6H2,1H3,(H3,14,15,16,17). The molecule has 0 saturated heterocycles. The van der Waals surface area contributed by atoms with Crippen molar-refractivity contribution in [3.8, 4) is 0 Å². The molecule has 0 aromatic carbocycles. The van der Waals surface area contributed by atoms with Crippen molar-refractivity contribution in [2.24, 2.45) is 5.92 Å². The Morgan fingerprint density at radius 3 is 2.71 bits per heavy atom. The molecule has 0 radical (unpaired) electrons. The van der Waals surface area contributed by atoms with Crippen LogP contribution in [0.25, 0.3) is 0 Å². The highest BCUT2D eigenvalue weighted by molar-refractivity contribution is 6.29. The molecule has 1 heterocycles. The van der Waals surface area contributed by atoms with Crippen LogP contribution in [0.15, 0.2) is 6.07 Å². The first-order valence-corrected chi connectivity index (χ1v) is 6.59. The third-order valence-corrected chi connectivity index (χ3v) is 3.64. The second-order valence-electron chi connectivity index (χ2n) is 4.77. The number of anilines is 2. The minimum atomic E-state index is 0.218. The van der Waals surface area contributed by atoms with Gasteiger partial charge in [0.25, 0.3) is 0 Å². The Hall–Kier alpha value is -1.03. The smallest absolute Gasteiger partial charge is 0.223 e. The molecule has 0 spiro atoms. The molecule has 5 heteroatoms. The summed E-state index contributed by atoms with van der Waals surface area (Å²) in [6.07, 6.45) is 6.63. The SMILES string of the molecule is CC(Nc1cc(Cl)nc(N)n1)C1CCCCC1. The number of nitrogens with one attached hydrogen (secondary N) is 1. The van der Waals surface area contributed by atoms with E-state index in [1.54, 1.807) is 6.07 Å². The number of hydrogen-bond acceptors (Lipinski definition) is 4. The first kappa shape index (κ1) is 12.4. The van der Waals surface area contributed by atoms with Crippen LogP contribution < -0.4 is 11.1 Å². The Morgan fingerprint density at radius 1 is 1.35 bits per heavy atom. The highest BCUT2D eigenvalue weighted by Crippen LogP contribution is 2.28. The molecule has 1 atom stereocenters. The van der Waals surface area contributed by atoms with Gasteiger partial charge < -0.3 is 11.1 Å². The van der Waals surface area contributed by atoms with Crippen molar-refractivity contribution in [3.63, 3.8) is 0 Å². The van der Waals surface area contributed by atoms with Crippen LogP contribution in [0.4, 0.5) is 11.8 Å². The zero-order valence-corrected chi connectivity index (χ0v) is 10.9. The zero-order valence-electron chi connectivity index (χ0n) is 10.1. The number of hydrogen-bond donors (Lipinski definition) is 2. The van der Waals surface area contributed by atoms with Gasteiger partial charge in [0, 0.05) is 12.1 Å². The lowest BCUT2D eigenvalue weighted by Gasteiger charge is -2.28. The number of nitrogens with two attached hydrogens (primary N) is 1. The largest absolute Gasteiger partial charge is 0.368 e. The topological polar surface area (TPSA) is 63.8 Å². The fourth-order valence-electron chi connectivity index (χ4n) is 2.49. The highest BCUT2D eigenvalue weighted by Gasteiger charge is 2.20. The Balaban J connectivity index is 1.99. The lowest BCUT2D eigenvalue weighted by Crippen LogP contribution is -2.28. The third kappa shape index (κ3) is 3.46. The van der Waals surface area contributed by atoms with Crippen molar-refractivity contribution in [1.29, 1.82) is 0 Å². The summed E-state index contributed by atoms with van der Waals surface area (Å²) in [7, 11) is 0. The molecule has 94 valence electrons. The van der Waals surface area contributed by atoms with Crippen LogP contribution in [-0.2, 0) is 0 Å². The number of nitrogen functional groups attached to an aromatic ring is 1. The maximum absolute atomic E-state index is 5.85. The first-order valence-electron chi connectivity index (χ1n) is 6.22. The van der Waals surface area contributed by atoms with Crippen LogP contribution in [0.3, 0.4) is 0 Å². The summed E-state index contributed by atoms with van der Waals surface area (Å²) in [6.45, 7) is 2.20. The van der Waals surface area contributed by atoms with Crippen LogP contribution in [0.5, 0.6) is 0 Å². The summed E-state index contributed by atoms with van der Waals surface area (Å²) >= 11 is 5.85. The molecule has 1 aliphatic rings. The summed E-state index contributed by atoms with van der Waals surface area (Å²) in [5, 5.41) is 3.76. The second kappa shape index (κ2) is 5.54. The molecule has 0 amide bonds. The van der Waals surface area contributed by atoms with Gasteiger partial charge in [0.15, 0.2) is 0 Å². The number of aromatic nitrogens is 2. The van der Waals surface area contributed by atoms with Gasteiger partial charge >= 0.3 is 0 Å². The summed E-state index contributed by atoms with van der Waals surface area (Å²) < 4.78 is 0. The van der Waals surface area contributed by atoms with E-state index >= 15 is 0 Å². The summed E-state index contributed by atoms with van der Waals surface area (Å²) in [4.78, 5) is 7.99. The van der Waals surface area contributed by atoms with E-state index in [0.717, 1.165) is 11.7 Å². The molecule has 1 aliphatic carbocycles. The van der Waals surface area contributed by atoms with E-state index in [2.05, 4.69) is 22.2 Å². The molecule has 1 aromatic heterocycles. The molecule has 1 unspecified atom stereocenters. The van der Waals surface area contributed by atoms with Crippen LogP contribution >= 0.6 is 11.6 Å². The molecular formula is C12H19ClN4. The number of halogens is 1. The van der Waals surface area contributed by atoms with Gasteiger partial charge in [-0.05, 0) is 25.7 Å². The normalized spacial score (nSPS) is 18.9. The van der Waals surface area contributed by atoms with Crippen molar-refractivity contribution in [2.75, 3.05) is 11.1 Å². The summed E-state index contributed by atoms with van der Waals surface area (Å²) in [5.41, 5.74) is 5.57. The second-order valence-corrected chi connectivity index (χ2v) is 5.15. The summed E-state index contributed by atoms with van der Waals surface area (Å²) in [5.74, 6) is 1.66. The molecule has 17 heavy (non-hydrogen) atoms. The zero-order chi connectivity index (χ0) is 12.3. The lowest BCUT2D eigenvalue weighted by atomic mass is 9.84. The molecule has 2 rings (SSSR count). The molecule has 0 aliphatic heterocycles. The molecule has 4 nitrogen and oxygen atoms in total. The molecule has 1 aromatic rings. The van der Waals surface area contributed by atoms with Gasteiger partial charge in [-0.1, -0.05) is 30.9 Å². The van der Waals surface area contributed by atoms with E-state index < -0.39 is 0 Å². The van der Waals surface area contributed by atoms with Gasteiger partial charge in [0.1, 0.15) is 11.0 Å². The highest BCUT2D eigenvalue weighted by atomic mass is 35.5. The maximum Gasteiger partial charge on any atom is 0.223 e. The number of nitrogens with zero attached hydrogens (tertiary/aromatic N) is 2. The van der Waals surface area contributed by atoms with Crippen LogP contribution in [0.2, 0.25) is 5.15 Å². The summed E-state index contributed by atoms with van der Waals surface area (Å²) in [6, 6.07) is 2.12. The maximum atomic E-state index is 5.85. The van der Waals surface area contributed by atoms with Gasteiger partial charge in [-0.3, -0.25) is 0 Å².